The first-order valence-corrected chi connectivity index (χ1v) is 5.61. The lowest BCUT2D eigenvalue weighted by Gasteiger charge is -2.00. The molecule has 15 heavy (non-hydrogen) atoms. The molecular weight excluding hydrogens is 210 g/mol. The molecule has 0 N–H and O–H groups in total. The van der Waals surface area contributed by atoms with E-state index >= 15 is 0 Å². The first-order chi connectivity index (χ1) is 7.29. The summed E-state index contributed by atoms with van der Waals surface area (Å²) in [6, 6.07) is 6.98. The number of rotatable bonds is 2. The Hall–Kier alpha value is -1.55. The maximum absolute atomic E-state index is 11.2. The summed E-state index contributed by atoms with van der Waals surface area (Å²) in [5.74, 6) is 0.556. The molecule has 2 aromatic heterocycles. The summed E-state index contributed by atoms with van der Waals surface area (Å²) >= 11 is 1.51. The summed E-state index contributed by atoms with van der Waals surface area (Å²) in [5.41, 5.74) is 0.478. The highest BCUT2D eigenvalue weighted by molar-refractivity contribution is 7.98. The van der Waals surface area contributed by atoms with Crippen molar-refractivity contribution in [1.82, 2.24) is 4.98 Å². The molecule has 4 heteroatoms. The monoisotopic (exact) mass is 219 g/mol. The van der Waals surface area contributed by atoms with E-state index in [4.69, 9.17) is 4.42 Å². The van der Waals surface area contributed by atoms with Crippen molar-refractivity contribution in [3.63, 3.8) is 0 Å². The topological polar surface area (TPSA) is 43.1 Å². The summed E-state index contributed by atoms with van der Waals surface area (Å²) in [6.45, 7) is 0. The van der Waals surface area contributed by atoms with Gasteiger partial charge in [0.15, 0.2) is 0 Å². The predicted molar refractivity (Wildman–Crippen MR) is 60.0 cm³/mol. The average Bonchev–Trinajstić information content (AvgIpc) is 2.29. The van der Waals surface area contributed by atoms with E-state index in [2.05, 4.69) is 4.98 Å². The van der Waals surface area contributed by atoms with Crippen LogP contribution in [-0.4, -0.2) is 11.2 Å². The Balaban J connectivity index is 2.54. The van der Waals surface area contributed by atoms with Gasteiger partial charge in [-0.25, -0.2) is 4.79 Å². The molecule has 0 unspecified atom stereocenters. The molecule has 0 aromatic carbocycles. The third-order valence-electron chi connectivity index (χ3n) is 1.93. The van der Waals surface area contributed by atoms with Crippen LogP contribution in [0.1, 0.15) is 0 Å². The summed E-state index contributed by atoms with van der Waals surface area (Å²) in [6.07, 6.45) is 5.27. The third kappa shape index (κ3) is 2.27. The Bertz CT molecular complexity index is 507. The van der Waals surface area contributed by atoms with Gasteiger partial charge in [-0.3, -0.25) is 4.98 Å². The van der Waals surface area contributed by atoms with E-state index in [0.717, 1.165) is 10.5 Å². The van der Waals surface area contributed by atoms with Gasteiger partial charge in [0, 0.05) is 28.9 Å². The highest BCUT2D eigenvalue weighted by Gasteiger charge is 2.03. The molecule has 3 nitrogen and oxygen atoms in total. The maximum atomic E-state index is 11.2. The lowest BCUT2D eigenvalue weighted by molar-refractivity contribution is 0.521. The molecule has 0 bridgehead atoms. The smallest absolute Gasteiger partial charge is 0.337 e. The van der Waals surface area contributed by atoms with Crippen LogP contribution in [0.4, 0.5) is 0 Å². The Morgan fingerprint density at radius 1 is 1.40 bits per heavy atom. The van der Waals surface area contributed by atoms with Gasteiger partial charge in [0.2, 0.25) is 0 Å². The van der Waals surface area contributed by atoms with E-state index < -0.39 is 0 Å². The maximum Gasteiger partial charge on any atom is 0.337 e. The van der Waals surface area contributed by atoms with Crippen LogP contribution < -0.4 is 5.63 Å². The molecular formula is C11H9NO2S. The minimum absolute atomic E-state index is 0.333. The van der Waals surface area contributed by atoms with Crippen LogP contribution in [0.25, 0.3) is 11.3 Å². The second-order valence-electron chi connectivity index (χ2n) is 2.92. The second kappa shape index (κ2) is 4.31. The number of nitrogens with zero attached hydrogens (tertiary/aromatic N) is 1. The van der Waals surface area contributed by atoms with Gasteiger partial charge in [-0.15, -0.1) is 11.8 Å². The Morgan fingerprint density at radius 3 is 2.93 bits per heavy atom. The Labute approximate surface area is 91.2 Å². The quantitative estimate of drug-likeness (QED) is 0.727. The van der Waals surface area contributed by atoms with Crippen LogP contribution >= 0.6 is 11.8 Å². The summed E-state index contributed by atoms with van der Waals surface area (Å²) in [5, 5.41) is 0. The molecule has 0 atom stereocenters. The van der Waals surface area contributed by atoms with E-state index in [9.17, 15) is 4.79 Å². The molecule has 0 radical (unpaired) electrons. The summed E-state index contributed by atoms with van der Waals surface area (Å²) in [7, 11) is 0. The van der Waals surface area contributed by atoms with Crippen LogP contribution in [0.3, 0.4) is 0 Å². The fraction of sp³-hybridized carbons (Fsp3) is 0.0909. The van der Waals surface area contributed by atoms with Gasteiger partial charge in [0.05, 0.1) is 0 Å². The van der Waals surface area contributed by atoms with Crippen molar-refractivity contribution in [3.8, 4) is 11.3 Å². The molecule has 76 valence electrons. The van der Waals surface area contributed by atoms with Gasteiger partial charge in [0.25, 0.3) is 0 Å². The van der Waals surface area contributed by atoms with Crippen LogP contribution in [0.5, 0.6) is 0 Å². The van der Waals surface area contributed by atoms with Crippen molar-refractivity contribution in [2.75, 3.05) is 6.26 Å². The number of hydrogen-bond donors (Lipinski definition) is 0. The highest BCUT2D eigenvalue weighted by atomic mass is 32.2. The molecule has 0 fully saturated rings. The molecule has 2 heterocycles. The van der Waals surface area contributed by atoms with E-state index in [1.54, 1.807) is 18.5 Å². The van der Waals surface area contributed by atoms with Crippen LogP contribution in [0.2, 0.25) is 0 Å². The van der Waals surface area contributed by atoms with Crippen molar-refractivity contribution >= 4 is 11.8 Å². The van der Waals surface area contributed by atoms with Gasteiger partial charge < -0.3 is 4.42 Å². The van der Waals surface area contributed by atoms with Gasteiger partial charge >= 0.3 is 5.63 Å². The normalized spacial score (nSPS) is 10.2. The number of aromatic nitrogens is 1. The van der Waals surface area contributed by atoms with Gasteiger partial charge in [-0.2, -0.15) is 0 Å². The van der Waals surface area contributed by atoms with Crippen molar-refractivity contribution in [2.24, 2.45) is 0 Å². The number of thioether (sulfide) groups is 1. The van der Waals surface area contributed by atoms with Crippen LogP contribution in [-0.2, 0) is 0 Å². The predicted octanol–water partition coefficient (Wildman–Crippen LogP) is 2.42. The molecule has 2 aromatic rings. The van der Waals surface area contributed by atoms with Gasteiger partial charge in [-0.05, 0) is 24.5 Å². The molecule has 0 aliphatic carbocycles. The first kappa shape index (κ1) is 9.98. The standard InChI is InChI=1S/C11H9NO2S/c1-15-9-5-10(14-11(13)6-9)8-3-2-4-12-7-8/h2-7H,1H3. The molecule has 0 spiro atoms. The van der Waals surface area contributed by atoms with Gasteiger partial charge in [0.1, 0.15) is 5.76 Å². The van der Waals surface area contributed by atoms with E-state index in [1.165, 1.54) is 17.8 Å². The number of hydrogen-bond acceptors (Lipinski definition) is 4. The minimum atomic E-state index is -0.333. The summed E-state index contributed by atoms with van der Waals surface area (Å²) < 4.78 is 5.10. The molecule has 0 aliphatic rings. The van der Waals surface area contributed by atoms with Crippen molar-refractivity contribution in [2.45, 2.75) is 4.90 Å². The number of pyridine rings is 1. The zero-order valence-corrected chi connectivity index (χ0v) is 8.95. The molecule has 0 amide bonds. The average molecular weight is 219 g/mol. The largest absolute Gasteiger partial charge is 0.423 e. The highest BCUT2D eigenvalue weighted by Crippen LogP contribution is 2.21. The SMILES string of the molecule is CSc1cc(-c2cccnc2)oc(=O)c1. The van der Waals surface area contributed by atoms with E-state index in [0.29, 0.717) is 5.76 Å². The van der Waals surface area contributed by atoms with E-state index in [-0.39, 0.29) is 5.63 Å². The second-order valence-corrected chi connectivity index (χ2v) is 3.80. The zero-order valence-electron chi connectivity index (χ0n) is 8.14. The van der Waals surface area contributed by atoms with Crippen LogP contribution in [0, 0.1) is 0 Å². The Kier molecular flexibility index (Phi) is 2.87. The summed E-state index contributed by atoms with van der Waals surface area (Å²) in [4.78, 5) is 16.1. The fourth-order valence-electron chi connectivity index (χ4n) is 1.22. The molecule has 2 rings (SSSR count). The van der Waals surface area contributed by atoms with Crippen molar-refractivity contribution < 1.29 is 4.42 Å². The Morgan fingerprint density at radius 2 is 2.27 bits per heavy atom. The van der Waals surface area contributed by atoms with Gasteiger partial charge in [-0.1, -0.05) is 0 Å². The lowest BCUT2D eigenvalue weighted by atomic mass is 10.2. The van der Waals surface area contributed by atoms with Crippen molar-refractivity contribution in [1.29, 1.82) is 0 Å². The third-order valence-corrected chi connectivity index (χ3v) is 2.63. The fourth-order valence-corrected chi connectivity index (χ4v) is 1.66. The molecule has 0 saturated heterocycles. The molecule has 0 saturated carbocycles. The van der Waals surface area contributed by atoms with Crippen LogP contribution in [0.15, 0.2) is 50.8 Å². The lowest BCUT2D eigenvalue weighted by Crippen LogP contribution is -1.97. The minimum Gasteiger partial charge on any atom is -0.423 e. The first-order valence-electron chi connectivity index (χ1n) is 4.39. The molecule has 0 aliphatic heterocycles. The zero-order chi connectivity index (χ0) is 10.7. The van der Waals surface area contributed by atoms with Crippen molar-refractivity contribution in [3.05, 3.63) is 47.1 Å². The van der Waals surface area contributed by atoms with E-state index in [1.807, 2.05) is 18.4 Å².